The molecule has 216 valence electrons. The molecule has 3 N–H and O–H groups in total. The molecule has 0 spiro atoms. The molecule has 6 rings (SSSR count). The van der Waals surface area contributed by atoms with Crippen molar-refractivity contribution in [2.75, 3.05) is 31.5 Å². The molecule has 2 heterocycles. The number of aryl methyl sites for hydroxylation is 1. The number of carbonyl (C=O) groups is 1. The fourth-order valence-corrected chi connectivity index (χ4v) is 5.35. The van der Waals surface area contributed by atoms with Gasteiger partial charge in [-0.15, -0.1) is 0 Å². The average Bonchev–Trinajstić information content (AvgIpc) is 3.71. The first-order valence-corrected chi connectivity index (χ1v) is 14.3. The molecular weight excluding hydrogens is 536 g/mol. The number of nitrogens with one attached hydrogen (secondary N) is 3. The van der Waals surface area contributed by atoms with E-state index in [2.05, 4.69) is 16.0 Å². The Morgan fingerprint density at radius 1 is 0.738 bits per heavy atom. The first-order valence-electron chi connectivity index (χ1n) is 14.3. The van der Waals surface area contributed by atoms with Gasteiger partial charge in [-0.3, -0.25) is 4.79 Å². The summed E-state index contributed by atoms with van der Waals surface area (Å²) in [6.45, 7) is 5.30. The van der Waals surface area contributed by atoms with Crippen molar-refractivity contribution in [3.05, 3.63) is 102 Å². The van der Waals surface area contributed by atoms with E-state index in [0.717, 1.165) is 67.0 Å². The van der Waals surface area contributed by atoms with E-state index in [9.17, 15) is 13.6 Å². The van der Waals surface area contributed by atoms with Gasteiger partial charge in [0.05, 0.1) is 0 Å². The van der Waals surface area contributed by atoms with Gasteiger partial charge in [-0.2, -0.15) is 0 Å². The van der Waals surface area contributed by atoms with Crippen LogP contribution < -0.4 is 25.4 Å². The molecular formula is C34H33F2N3O3. The first-order chi connectivity index (χ1) is 20.4. The second-order valence-corrected chi connectivity index (χ2v) is 10.8. The Labute approximate surface area is 244 Å². The van der Waals surface area contributed by atoms with E-state index in [0.29, 0.717) is 34.7 Å². The van der Waals surface area contributed by atoms with Crippen molar-refractivity contribution >= 4 is 11.6 Å². The lowest BCUT2D eigenvalue weighted by atomic mass is 10.0. The SMILES string of the molecule is Cc1ccc(-c2cc(NC(=O)c3ccc(O[C@@H]4CCNC4)c(-c4ccc(F)c(F)c4)c3)ccc2O[C@H]2CCNC2)cc1. The fraction of sp³-hybridized carbons (Fsp3) is 0.265. The number of halogens is 2. The fourth-order valence-electron chi connectivity index (χ4n) is 5.35. The highest BCUT2D eigenvalue weighted by Crippen LogP contribution is 2.36. The molecule has 4 aromatic carbocycles. The largest absolute Gasteiger partial charge is 0.488 e. The lowest BCUT2D eigenvalue weighted by Crippen LogP contribution is -2.20. The quantitative estimate of drug-likeness (QED) is 0.231. The predicted octanol–water partition coefficient (Wildman–Crippen LogP) is 6.34. The topological polar surface area (TPSA) is 71.6 Å². The monoisotopic (exact) mass is 569 g/mol. The van der Waals surface area contributed by atoms with Crippen molar-refractivity contribution in [1.82, 2.24) is 10.6 Å². The van der Waals surface area contributed by atoms with Gasteiger partial charge in [-0.05, 0) is 92.5 Å². The van der Waals surface area contributed by atoms with Crippen molar-refractivity contribution in [2.24, 2.45) is 0 Å². The summed E-state index contributed by atoms with van der Waals surface area (Å²) in [7, 11) is 0. The van der Waals surface area contributed by atoms with E-state index in [1.807, 2.05) is 49.4 Å². The number of benzene rings is 4. The number of hydrogen-bond donors (Lipinski definition) is 3. The van der Waals surface area contributed by atoms with Crippen LogP contribution in [0.1, 0.15) is 28.8 Å². The summed E-state index contributed by atoms with van der Waals surface area (Å²) in [5.74, 6) is -0.965. The maximum Gasteiger partial charge on any atom is 0.255 e. The zero-order valence-electron chi connectivity index (χ0n) is 23.4. The van der Waals surface area contributed by atoms with Crippen LogP contribution in [0.2, 0.25) is 0 Å². The number of hydrogen-bond acceptors (Lipinski definition) is 5. The third-order valence-electron chi connectivity index (χ3n) is 7.69. The van der Waals surface area contributed by atoms with Crippen LogP contribution in [0.15, 0.2) is 78.9 Å². The number of carbonyl (C=O) groups excluding carboxylic acids is 1. The Morgan fingerprint density at radius 2 is 1.36 bits per heavy atom. The van der Waals surface area contributed by atoms with E-state index in [1.165, 1.54) is 6.07 Å². The molecule has 0 bridgehead atoms. The molecule has 0 unspecified atom stereocenters. The third kappa shape index (κ3) is 6.30. The molecule has 8 heteroatoms. The van der Waals surface area contributed by atoms with Gasteiger partial charge < -0.3 is 25.4 Å². The standard InChI is InChI=1S/C34H33F2N3O3/c1-21-2-4-22(5-3-21)29-18-25(8-11-33(29)42-27-13-15-38-20-27)39-34(40)24-7-10-32(41-26-12-14-37-19-26)28(16-24)23-6-9-30(35)31(36)17-23/h2-11,16-18,26-27,37-38H,12-15,19-20H2,1H3,(H,39,40)/t26-,27+/m1/s1. The van der Waals surface area contributed by atoms with Crippen LogP contribution in [0, 0.1) is 18.6 Å². The molecule has 2 aliphatic rings. The molecule has 0 radical (unpaired) electrons. The molecule has 0 aromatic heterocycles. The summed E-state index contributed by atoms with van der Waals surface area (Å²) in [6.07, 6.45) is 1.81. The molecule has 6 nitrogen and oxygen atoms in total. The van der Waals surface area contributed by atoms with E-state index < -0.39 is 11.6 Å². The van der Waals surface area contributed by atoms with Crippen LogP contribution in [-0.4, -0.2) is 44.3 Å². The van der Waals surface area contributed by atoms with Gasteiger partial charge in [-0.25, -0.2) is 8.78 Å². The molecule has 1 amide bonds. The molecule has 2 saturated heterocycles. The highest BCUT2D eigenvalue weighted by atomic mass is 19.2. The maximum atomic E-state index is 14.2. The lowest BCUT2D eigenvalue weighted by molar-refractivity contribution is 0.102. The predicted molar refractivity (Wildman–Crippen MR) is 160 cm³/mol. The number of ether oxygens (including phenoxy) is 2. The molecule has 4 aromatic rings. The highest BCUT2D eigenvalue weighted by Gasteiger charge is 2.21. The van der Waals surface area contributed by atoms with Crippen LogP contribution >= 0.6 is 0 Å². The van der Waals surface area contributed by atoms with Crippen molar-refractivity contribution in [2.45, 2.75) is 32.0 Å². The Bertz CT molecular complexity index is 1580. The lowest BCUT2D eigenvalue weighted by Gasteiger charge is -2.19. The summed E-state index contributed by atoms with van der Waals surface area (Å²) in [4.78, 5) is 13.5. The summed E-state index contributed by atoms with van der Waals surface area (Å²) in [5, 5.41) is 9.59. The van der Waals surface area contributed by atoms with Gasteiger partial charge in [0.25, 0.3) is 5.91 Å². The molecule has 2 fully saturated rings. The van der Waals surface area contributed by atoms with Crippen molar-refractivity contribution < 1.29 is 23.0 Å². The van der Waals surface area contributed by atoms with Crippen LogP contribution in [0.5, 0.6) is 11.5 Å². The number of rotatable bonds is 8. The van der Waals surface area contributed by atoms with Gasteiger partial charge in [0.1, 0.15) is 23.7 Å². The second kappa shape index (κ2) is 12.3. The Morgan fingerprint density at radius 3 is 1.98 bits per heavy atom. The average molecular weight is 570 g/mol. The van der Waals surface area contributed by atoms with Crippen LogP contribution in [-0.2, 0) is 0 Å². The first kappa shape index (κ1) is 27.9. The number of amides is 1. The normalized spacial score (nSPS) is 18.2. The van der Waals surface area contributed by atoms with Crippen LogP contribution in [0.4, 0.5) is 14.5 Å². The van der Waals surface area contributed by atoms with Gasteiger partial charge in [0.2, 0.25) is 0 Å². The highest BCUT2D eigenvalue weighted by molar-refractivity contribution is 6.05. The summed E-state index contributed by atoms with van der Waals surface area (Å²) in [6, 6.07) is 22.6. The zero-order chi connectivity index (χ0) is 29.1. The van der Waals surface area contributed by atoms with E-state index >= 15 is 0 Å². The molecule has 2 atom stereocenters. The molecule has 0 saturated carbocycles. The third-order valence-corrected chi connectivity index (χ3v) is 7.69. The van der Waals surface area contributed by atoms with Gasteiger partial charge in [0.15, 0.2) is 11.6 Å². The summed E-state index contributed by atoms with van der Waals surface area (Å²) in [5.41, 5.74) is 4.94. The van der Waals surface area contributed by atoms with E-state index in [-0.39, 0.29) is 18.1 Å². The van der Waals surface area contributed by atoms with Crippen LogP contribution in [0.25, 0.3) is 22.3 Å². The minimum atomic E-state index is -0.963. The smallest absolute Gasteiger partial charge is 0.255 e. The Hall–Kier alpha value is -4.27. The Kier molecular flexibility index (Phi) is 8.17. The maximum absolute atomic E-state index is 14.2. The van der Waals surface area contributed by atoms with Crippen molar-refractivity contribution in [3.8, 4) is 33.8 Å². The van der Waals surface area contributed by atoms with E-state index in [1.54, 1.807) is 18.2 Å². The molecule has 42 heavy (non-hydrogen) atoms. The number of anilines is 1. The van der Waals surface area contributed by atoms with Gasteiger partial charge in [0, 0.05) is 35.5 Å². The minimum absolute atomic E-state index is 0.0466. The van der Waals surface area contributed by atoms with E-state index in [4.69, 9.17) is 9.47 Å². The zero-order valence-corrected chi connectivity index (χ0v) is 23.4. The second-order valence-electron chi connectivity index (χ2n) is 10.8. The summed E-state index contributed by atoms with van der Waals surface area (Å²) >= 11 is 0. The van der Waals surface area contributed by atoms with Crippen LogP contribution in [0.3, 0.4) is 0 Å². The summed E-state index contributed by atoms with van der Waals surface area (Å²) < 4.78 is 40.4. The van der Waals surface area contributed by atoms with Crippen molar-refractivity contribution in [3.63, 3.8) is 0 Å². The van der Waals surface area contributed by atoms with Crippen molar-refractivity contribution in [1.29, 1.82) is 0 Å². The molecule has 0 aliphatic carbocycles. The Balaban J connectivity index is 1.30. The minimum Gasteiger partial charge on any atom is -0.488 e. The van der Waals surface area contributed by atoms with Gasteiger partial charge >= 0.3 is 0 Å². The molecule has 2 aliphatic heterocycles. The van der Waals surface area contributed by atoms with Gasteiger partial charge in [-0.1, -0.05) is 35.9 Å².